The quantitative estimate of drug-likeness (QED) is 0.566. The van der Waals surface area contributed by atoms with Gasteiger partial charge >= 0.3 is 0 Å². The molecule has 0 amide bonds. The molecule has 0 saturated heterocycles. The zero-order valence-electron chi connectivity index (χ0n) is 12.2. The van der Waals surface area contributed by atoms with E-state index in [0.717, 1.165) is 43.2 Å². The molecule has 3 heteroatoms. The second kappa shape index (κ2) is 7.33. The minimum absolute atomic E-state index is 0.167. The summed E-state index contributed by atoms with van der Waals surface area (Å²) in [6.45, 7) is 6.27. The summed E-state index contributed by atoms with van der Waals surface area (Å²) in [6, 6.07) is 5.27. The molecule has 0 spiro atoms. The lowest BCUT2D eigenvalue weighted by Gasteiger charge is -2.21. The van der Waals surface area contributed by atoms with E-state index in [9.17, 15) is 8.78 Å². The SMILES string of the molecule is CCCC(CCC)Cc1cc(C)ccc1C(F)(F)P. The second-order valence-corrected chi connectivity index (χ2v) is 6.16. The van der Waals surface area contributed by atoms with Crippen molar-refractivity contribution >= 4 is 9.24 Å². The van der Waals surface area contributed by atoms with Crippen molar-refractivity contribution in [2.45, 2.75) is 58.5 Å². The topological polar surface area (TPSA) is 0 Å². The fraction of sp³-hybridized carbons (Fsp3) is 0.625. The van der Waals surface area contributed by atoms with Gasteiger partial charge in [-0.15, -0.1) is 0 Å². The molecule has 0 heterocycles. The van der Waals surface area contributed by atoms with Crippen molar-refractivity contribution in [3.05, 3.63) is 34.9 Å². The number of halogens is 2. The Balaban J connectivity index is 3.00. The third kappa shape index (κ3) is 5.18. The number of benzene rings is 1. The highest BCUT2D eigenvalue weighted by Crippen LogP contribution is 2.38. The van der Waals surface area contributed by atoms with Crippen molar-refractivity contribution in [1.29, 1.82) is 0 Å². The van der Waals surface area contributed by atoms with Crippen LogP contribution >= 0.6 is 9.24 Å². The van der Waals surface area contributed by atoms with Crippen LogP contribution in [0.5, 0.6) is 0 Å². The summed E-state index contributed by atoms with van der Waals surface area (Å²) >= 11 is 0. The molecule has 108 valence electrons. The molecule has 0 N–H and O–H groups in total. The molecule has 1 aromatic carbocycles. The third-order valence-corrected chi connectivity index (χ3v) is 3.83. The molecule has 1 aromatic rings. The Morgan fingerprint density at radius 1 is 1.16 bits per heavy atom. The van der Waals surface area contributed by atoms with E-state index in [0.29, 0.717) is 5.92 Å². The fourth-order valence-electron chi connectivity index (χ4n) is 2.69. The van der Waals surface area contributed by atoms with Gasteiger partial charge in [-0.05, 0) is 24.8 Å². The van der Waals surface area contributed by atoms with E-state index in [-0.39, 0.29) is 5.56 Å². The largest absolute Gasteiger partial charge is 0.284 e. The molecule has 0 aromatic heterocycles. The van der Waals surface area contributed by atoms with E-state index >= 15 is 0 Å². The van der Waals surface area contributed by atoms with Gasteiger partial charge in [-0.25, -0.2) is 0 Å². The molecule has 0 nitrogen and oxygen atoms in total. The molecular weight excluding hydrogens is 261 g/mol. The summed E-state index contributed by atoms with van der Waals surface area (Å²) in [5, 5.41) is 0. The Hall–Kier alpha value is -0.490. The van der Waals surface area contributed by atoms with Gasteiger partial charge in [-0.3, -0.25) is 0 Å². The number of aryl methyl sites for hydroxylation is 1. The Labute approximate surface area is 118 Å². The summed E-state index contributed by atoms with van der Waals surface area (Å²) in [5.74, 6) is 0.517. The van der Waals surface area contributed by atoms with Crippen molar-refractivity contribution in [2.24, 2.45) is 5.92 Å². The first-order chi connectivity index (χ1) is 8.88. The maximum absolute atomic E-state index is 13.6. The van der Waals surface area contributed by atoms with Crippen LogP contribution in [-0.4, -0.2) is 0 Å². The van der Waals surface area contributed by atoms with Crippen LogP contribution in [0.2, 0.25) is 0 Å². The maximum Gasteiger partial charge on any atom is 0.284 e. The van der Waals surface area contributed by atoms with E-state index in [1.807, 2.05) is 13.0 Å². The highest BCUT2D eigenvalue weighted by Gasteiger charge is 2.28. The fourth-order valence-corrected chi connectivity index (χ4v) is 2.97. The first-order valence-corrected chi connectivity index (χ1v) is 7.72. The zero-order valence-corrected chi connectivity index (χ0v) is 13.3. The molecule has 0 saturated carbocycles. The van der Waals surface area contributed by atoms with Crippen molar-refractivity contribution in [2.75, 3.05) is 0 Å². The molecule has 1 rings (SSSR count). The van der Waals surface area contributed by atoms with Crippen LogP contribution in [0, 0.1) is 12.8 Å². The lowest BCUT2D eigenvalue weighted by molar-refractivity contribution is 0.102. The van der Waals surface area contributed by atoms with Gasteiger partial charge < -0.3 is 0 Å². The van der Waals surface area contributed by atoms with Crippen LogP contribution in [0.1, 0.15) is 56.2 Å². The monoisotopic (exact) mass is 286 g/mol. The third-order valence-electron chi connectivity index (χ3n) is 3.52. The normalized spacial score (nSPS) is 12.2. The highest BCUT2D eigenvalue weighted by molar-refractivity contribution is 7.17. The van der Waals surface area contributed by atoms with Crippen LogP contribution < -0.4 is 0 Å². The molecule has 1 atom stereocenters. The van der Waals surface area contributed by atoms with Gasteiger partial charge in [0.05, 0.1) is 0 Å². The minimum atomic E-state index is -2.83. The summed E-state index contributed by atoms with van der Waals surface area (Å²) < 4.78 is 27.3. The van der Waals surface area contributed by atoms with Gasteiger partial charge in [-0.1, -0.05) is 72.5 Å². The lowest BCUT2D eigenvalue weighted by atomic mass is 9.88. The van der Waals surface area contributed by atoms with Gasteiger partial charge in [0.15, 0.2) is 0 Å². The average molecular weight is 286 g/mol. The van der Waals surface area contributed by atoms with Gasteiger partial charge in [0.1, 0.15) is 0 Å². The Bertz CT molecular complexity index is 390. The van der Waals surface area contributed by atoms with Crippen molar-refractivity contribution in [3.63, 3.8) is 0 Å². The molecule has 0 aliphatic heterocycles. The maximum atomic E-state index is 13.6. The predicted octanol–water partition coefficient (Wildman–Crippen LogP) is 5.68. The molecule has 0 fully saturated rings. The van der Waals surface area contributed by atoms with E-state index < -0.39 is 5.66 Å². The first-order valence-electron chi connectivity index (χ1n) is 7.15. The minimum Gasteiger partial charge on any atom is -0.197 e. The number of rotatable bonds is 7. The summed E-state index contributed by atoms with van der Waals surface area (Å²) in [7, 11) is 1.66. The summed E-state index contributed by atoms with van der Waals surface area (Å²) in [4.78, 5) is 0. The van der Waals surface area contributed by atoms with Crippen LogP contribution in [0.4, 0.5) is 8.78 Å². The van der Waals surface area contributed by atoms with Crippen LogP contribution in [-0.2, 0) is 12.1 Å². The Morgan fingerprint density at radius 2 is 1.74 bits per heavy atom. The molecular formula is C16H25F2P. The smallest absolute Gasteiger partial charge is 0.197 e. The molecule has 19 heavy (non-hydrogen) atoms. The van der Waals surface area contributed by atoms with Crippen LogP contribution in [0.3, 0.4) is 0 Å². The number of hydrogen-bond acceptors (Lipinski definition) is 0. The van der Waals surface area contributed by atoms with Gasteiger partial charge in [0, 0.05) is 5.56 Å². The van der Waals surface area contributed by atoms with E-state index in [1.54, 1.807) is 21.4 Å². The number of alkyl halides is 2. The first kappa shape index (κ1) is 16.6. The molecule has 0 aliphatic carbocycles. The lowest BCUT2D eigenvalue weighted by Crippen LogP contribution is -2.12. The van der Waals surface area contributed by atoms with Crippen molar-refractivity contribution in [3.8, 4) is 0 Å². The van der Waals surface area contributed by atoms with Crippen LogP contribution in [0.25, 0.3) is 0 Å². The van der Waals surface area contributed by atoms with Gasteiger partial charge in [0.25, 0.3) is 5.66 Å². The summed E-state index contributed by atoms with van der Waals surface area (Å²) in [6.07, 6.45) is 5.22. The van der Waals surface area contributed by atoms with Crippen LogP contribution in [0.15, 0.2) is 18.2 Å². The Kier molecular flexibility index (Phi) is 6.39. The van der Waals surface area contributed by atoms with E-state index in [2.05, 4.69) is 13.8 Å². The molecule has 0 aliphatic rings. The van der Waals surface area contributed by atoms with Crippen molar-refractivity contribution < 1.29 is 8.78 Å². The van der Waals surface area contributed by atoms with E-state index in [1.165, 1.54) is 0 Å². The van der Waals surface area contributed by atoms with E-state index in [4.69, 9.17) is 0 Å². The predicted molar refractivity (Wildman–Crippen MR) is 81.8 cm³/mol. The van der Waals surface area contributed by atoms with Gasteiger partial charge in [-0.2, -0.15) is 8.78 Å². The second-order valence-electron chi connectivity index (χ2n) is 5.43. The Morgan fingerprint density at radius 3 is 2.21 bits per heavy atom. The number of hydrogen-bond donors (Lipinski definition) is 0. The zero-order chi connectivity index (χ0) is 14.5. The van der Waals surface area contributed by atoms with Gasteiger partial charge in [0.2, 0.25) is 0 Å². The standard InChI is InChI=1S/C16H25F2P/c1-4-6-13(7-5-2)11-14-10-12(3)8-9-15(14)16(17,18)19/h8-10,13H,4-7,11,19H2,1-3H3. The molecule has 0 radical (unpaired) electrons. The summed E-state index contributed by atoms with van der Waals surface area (Å²) in [5.41, 5.74) is -0.793. The molecule has 0 bridgehead atoms. The highest BCUT2D eigenvalue weighted by atomic mass is 31.0. The van der Waals surface area contributed by atoms with Crippen molar-refractivity contribution in [1.82, 2.24) is 0 Å². The average Bonchev–Trinajstić information content (AvgIpc) is 2.28. The molecule has 1 unspecified atom stereocenters.